The quantitative estimate of drug-likeness (QED) is 0.688. The van der Waals surface area contributed by atoms with Crippen LogP contribution < -0.4 is 0 Å². The molecule has 2 rings (SSSR count). The maximum atomic E-state index is 11.2. The van der Waals surface area contributed by atoms with Gasteiger partial charge in [-0.2, -0.15) is 0 Å². The average Bonchev–Trinajstić information content (AvgIpc) is 2.28. The molecule has 0 amide bonds. The van der Waals surface area contributed by atoms with E-state index in [4.69, 9.17) is 5.11 Å². The van der Waals surface area contributed by atoms with Crippen LogP contribution in [0.15, 0.2) is 24.3 Å². The van der Waals surface area contributed by atoms with Gasteiger partial charge in [-0.05, 0) is 22.4 Å². The molecule has 4 heteroatoms. The molecule has 0 aliphatic carbocycles. The zero-order chi connectivity index (χ0) is 14.4. The molecule has 4 nitrogen and oxygen atoms in total. The van der Waals surface area contributed by atoms with Crippen LogP contribution in [0.2, 0.25) is 0 Å². The third-order valence-corrected chi connectivity index (χ3v) is 3.17. The lowest BCUT2D eigenvalue weighted by Gasteiger charge is -2.20. The Labute approximate surface area is 110 Å². The molecule has 0 aliphatic rings. The maximum Gasteiger partial charge on any atom is 0.340 e. The van der Waals surface area contributed by atoms with Gasteiger partial charge in [-0.3, -0.25) is 0 Å². The van der Waals surface area contributed by atoms with E-state index < -0.39 is 17.5 Å². The van der Waals surface area contributed by atoms with Crippen LogP contribution in [0.5, 0.6) is 11.5 Å². The predicted molar refractivity (Wildman–Crippen MR) is 72.9 cm³/mol. The predicted octanol–water partition coefficient (Wildman–Crippen LogP) is 3.25. The summed E-state index contributed by atoms with van der Waals surface area (Å²) in [7, 11) is 0. The van der Waals surface area contributed by atoms with Crippen molar-refractivity contribution >= 4 is 16.7 Å². The van der Waals surface area contributed by atoms with Crippen LogP contribution >= 0.6 is 0 Å². The van der Waals surface area contributed by atoms with Crippen molar-refractivity contribution in [2.45, 2.75) is 26.2 Å². The normalized spacial score (nSPS) is 11.7. The summed E-state index contributed by atoms with van der Waals surface area (Å²) in [5.74, 6) is -2.28. The summed E-state index contributed by atoms with van der Waals surface area (Å²) in [4.78, 5) is 11.2. The highest BCUT2D eigenvalue weighted by Crippen LogP contribution is 2.37. The van der Waals surface area contributed by atoms with E-state index in [1.54, 1.807) is 6.07 Å². The summed E-state index contributed by atoms with van der Waals surface area (Å²) in [5, 5.41) is 29.4. The fraction of sp³-hybridized carbons (Fsp3) is 0.267. The topological polar surface area (TPSA) is 77.8 Å². The molecule has 19 heavy (non-hydrogen) atoms. The lowest BCUT2D eigenvalue weighted by atomic mass is 9.85. The molecule has 3 N–H and O–H groups in total. The number of phenols is 2. The number of fused-ring (bicyclic) bond motifs is 1. The van der Waals surface area contributed by atoms with Crippen molar-refractivity contribution in [2.24, 2.45) is 0 Å². The molecule has 0 radical (unpaired) electrons. The highest BCUT2D eigenvalue weighted by Gasteiger charge is 2.20. The molecule has 0 fully saturated rings. The molecule has 0 aliphatic heterocycles. The molecule has 0 atom stereocenters. The molecule has 0 bridgehead atoms. The van der Waals surface area contributed by atoms with Gasteiger partial charge in [0.15, 0.2) is 11.5 Å². The van der Waals surface area contributed by atoms with Gasteiger partial charge < -0.3 is 15.3 Å². The van der Waals surface area contributed by atoms with Gasteiger partial charge in [0.25, 0.3) is 0 Å². The Hall–Kier alpha value is -2.23. The summed E-state index contributed by atoms with van der Waals surface area (Å²) < 4.78 is 0. The van der Waals surface area contributed by atoms with Crippen molar-refractivity contribution in [3.63, 3.8) is 0 Å². The number of carboxylic acids is 1. The smallest absolute Gasteiger partial charge is 0.340 e. The number of rotatable bonds is 1. The second-order valence-electron chi connectivity index (χ2n) is 5.61. The van der Waals surface area contributed by atoms with Crippen LogP contribution in [0.1, 0.15) is 36.7 Å². The summed E-state index contributed by atoms with van der Waals surface area (Å²) >= 11 is 0. The van der Waals surface area contributed by atoms with Crippen molar-refractivity contribution < 1.29 is 20.1 Å². The number of phenolic OH excluding ortho intramolecular Hbond substituents is 1. The summed E-state index contributed by atoms with van der Waals surface area (Å²) in [6.07, 6.45) is 0. The minimum atomic E-state index is -1.26. The number of aromatic hydroxyl groups is 2. The standard InChI is InChI=1S/C15H16O4/c1-15(2,3)9-4-5-10-8(6-9)7-11(16)13(17)12(10)14(18)19/h4-7,16-17H,1-3H3,(H,18,19). The van der Waals surface area contributed by atoms with Crippen LogP contribution in [0.4, 0.5) is 0 Å². The highest BCUT2D eigenvalue weighted by atomic mass is 16.4. The minimum Gasteiger partial charge on any atom is -0.504 e. The van der Waals surface area contributed by atoms with Crippen molar-refractivity contribution in [3.8, 4) is 11.5 Å². The first-order valence-electron chi connectivity index (χ1n) is 5.94. The third kappa shape index (κ3) is 2.21. The SMILES string of the molecule is CC(C)(C)c1ccc2c(C(=O)O)c(O)c(O)cc2c1. The Balaban J connectivity index is 2.83. The fourth-order valence-corrected chi connectivity index (χ4v) is 2.06. The summed E-state index contributed by atoms with van der Waals surface area (Å²) in [6, 6.07) is 6.72. The van der Waals surface area contributed by atoms with Crippen molar-refractivity contribution in [1.82, 2.24) is 0 Å². The lowest BCUT2D eigenvalue weighted by molar-refractivity contribution is 0.0695. The first-order chi connectivity index (χ1) is 8.71. The molecule has 0 heterocycles. The Morgan fingerprint density at radius 2 is 1.74 bits per heavy atom. The first-order valence-corrected chi connectivity index (χ1v) is 5.94. The number of carboxylic acid groups (broad SMARTS) is 1. The molecular weight excluding hydrogens is 244 g/mol. The highest BCUT2D eigenvalue weighted by molar-refractivity contribution is 6.07. The zero-order valence-corrected chi connectivity index (χ0v) is 11.1. The van der Waals surface area contributed by atoms with E-state index in [9.17, 15) is 15.0 Å². The largest absolute Gasteiger partial charge is 0.504 e. The molecule has 2 aromatic carbocycles. The number of aromatic carboxylic acids is 1. The monoisotopic (exact) mass is 260 g/mol. The molecule has 100 valence electrons. The fourth-order valence-electron chi connectivity index (χ4n) is 2.06. The molecule has 2 aromatic rings. The summed E-state index contributed by atoms with van der Waals surface area (Å²) in [6.45, 7) is 6.14. The van der Waals surface area contributed by atoms with E-state index in [0.29, 0.717) is 10.8 Å². The first kappa shape index (κ1) is 13.2. The molecule has 0 unspecified atom stereocenters. The summed E-state index contributed by atoms with van der Waals surface area (Å²) in [5.41, 5.74) is 0.683. The maximum absolute atomic E-state index is 11.2. The zero-order valence-electron chi connectivity index (χ0n) is 11.1. The molecule has 0 saturated heterocycles. The van der Waals surface area contributed by atoms with E-state index in [0.717, 1.165) is 5.56 Å². The van der Waals surface area contributed by atoms with Gasteiger partial charge >= 0.3 is 5.97 Å². The third-order valence-electron chi connectivity index (χ3n) is 3.17. The average molecular weight is 260 g/mol. The van der Waals surface area contributed by atoms with Crippen molar-refractivity contribution in [1.29, 1.82) is 0 Å². The molecule has 0 spiro atoms. The van der Waals surface area contributed by atoms with E-state index in [-0.39, 0.29) is 11.0 Å². The molecule has 0 saturated carbocycles. The Bertz CT molecular complexity index is 666. The van der Waals surface area contributed by atoms with Gasteiger partial charge in [-0.1, -0.05) is 39.0 Å². The van der Waals surface area contributed by atoms with Crippen LogP contribution in [0, 0.1) is 0 Å². The van der Waals surface area contributed by atoms with Crippen LogP contribution in [0.25, 0.3) is 10.8 Å². The van der Waals surface area contributed by atoms with Gasteiger partial charge in [-0.15, -0.1) is 0 Å². The lowest BCUT2D eigenvalue weighted by Crippen LogP contribution is -2.10. The van der Waals surface area contributed by atoms with E-state index in [2.05, 4.69) is 0 Å². The van der Waals surface area contributed by atoms with Gasteiger partial charge in [-0.25, -0.2) is 4.79 Å². The van der Waals surface area contributed by atoms with Gasteiger partial charge in [0.1, 0.15) is 5.56 Å². The Morgan fingerprint density at radius 1 is 1.11 bits per heavy atom. The van der Waals surface area contributed by atoms with E-state index >= 15 is 0 Å². The van der Waals surface area contributed by atoms with Gasteiger partial charge in [0, 0.05) is 5.39 Å². The number of benzene rings is 2. The Kier molecular flexibility index (Phi) is 2.89. The molecular formula is C15H16O4. The minimum absolute atomic E-state index is 0.0783. The number of carbonyl (C=O) groups is 1. The number of hydrogen-bond donors (Lipinski definition) is 3. The van der Waals surface area contributed by atoms with E-state index in [1.165, 1.54) is 6.07 Å². The second kappa shape index (κ2) is 4.16. The van der Waals surface area contributed by atoms with Crippen molar-refractivity contribution in [2.75, 3.05) is 0 Å². The van der Waals surface area contributed by atoms with Gasteiger partial charge in [0.2, 0.25) is 0 Å². The molecule has 0 aromatic heterocycles. The van der Waals surface area contributed by atoms with Crippen LogP contribution in [-0.2, 0) is 5.41 Å². The van der Waals surface area contributed by atoms with Crippen molar-refractivity contribution in [3.05, 3.63) is 35.4 Å². The van der Waals surface area contributed by atoms with E-state index in [1.807, 2.05) is 32.9 Å². The number of hydrogen-bond acceptors (Lipinski definition) is 3. The Morgan fingerprint density at radius 3 is 2.26 bits per heavy atom. The van der Waals surface area contributed by atoms with Gasteiger partial charge in [0.05, 0.1) is 0 Å². The second-order valence-corrected chi connectivity index (χ2v) is 5.61. The van der Waals surface area contributed by atoms with Crippen LogP contribution in [-0.4, -0.2) is 21.3 Å². The van der Waals surface area contributed by atoms with Crippen LogP contribution in [0.3, 0.4) is 0 Å².